The summed E-state index contributed by atoms with van der Waals surface area (Å²) >= 11 is 0. The number of ether oxygens (including phenoxy) is 1. The molecule has 3 aliphatic heterocycles. The lowest BCUT2D eigenvalue weighted by molar-refractivity contribution is -0.153. The minimum atomic E-state index is -0.991. The number of aliphatic hydroxyl groups excluding tert-OH is 1. The van der Waals surface area contributed by atoms with Gasteiger partial charge in [0.05, 0.1) is 17.4 Å². The van der Waals surface area contributed by atoms with Gasteiger partial charge in [0.2, 0.25) is 17.7 Å². The molecule has 3 aliphatic rings. The number of amides is 3. The Morgan fingerprint density at radius 1 is 1.11 bits per heavy atom. The smallest absolute Gasteiger partial charge is 0.248 e. The van der Waals surface area contributed by atoms with Crippen LogP contribution in [0.3, 0.4) is 0 Å². The first-order chi connectivity index (χ1) is 17.2. The van der Waals surface area contributed by atoms with Gasteiger partial charge in [-0.1, -0.05) is 38.3 Å². The molecule has 0 aromatic carbocycles. The lowest BCUT2D eigenvalue weighted by Crippen LogP contribution is -2.56. The summed E-state index contributed by atoms with van der Waals surface area (Å²) in [5.41, 5.74) is -1.76. The Kier molecular flexibility index (Phi) is 9.39. The number of likely N-dealkylation sites (N-methyl/N-ethyl adjacent to an activating group) is 1. The number of nitrogens with zero attached hydrogens (tertiary/aromatic N) is 3. The summed E-state index contributed by atoms with van der Waals surface area (Å²) in [6.07, 6.45) is 9.63. The molecule has 1 N–H and O–H groups in total. The highest BCUT2D eigenvalue weighted by atomic mass is 16.5. The molecule has 36 heavy (non-hydrogen) atoms. The van der Waals surface area contributed by atoms with Crippen LogP contribution in [0.5, 0.6) is 0 Å². The van der Waals surface area contributed by atoms with Crippen molar-refractivity contribution >= 4 is 17.7 Å². The first-order valence-electron chi connectivity index (χ1n) is 13.6. The Bertz CT molecular complexity index is 847. The van der Waals surface area contributed by atoms with Gasteiger partial charge in [0.25, 0.3) is 0 Å². The zero-order chi connectivity index (χ0) is 26.5. The molecule has 3 heterocycles. The molecular weight excluding hydrogens is 458 g/mol. The zero-order valence-corrected chi connectivity index (χ0v) is 22.4. The second kappa shape index (κ2) is 11.9. The third kappa shape index (κ3) is 4.99. The summed E-state index contributed by atoms with van der Waals surface area (Å²) in [7, 11) is 1.73. The number of carbonyl (C=O) groups excluding carboxylic acids is 3. The maximum absolute atomic E-state index is 14.1. The van der Waals surface area contributed by atoms with Gasteiger partial charge in [0.15, 0.2) is 0 Å². The van der Waals surface area contributed by atoms with Gasteiger partial charge in [0, 0.05) is 39.8 Å². The highest BCUT2D eigenvalue weighted by molar-refractivity contribution is 5.99. The molecule has 8 heteroatoms. The van der Waals surface area contributed by atoms with Crippen LogP contribution < -0.4 is 0 Å². The normalized spacial score (nSPS) is 30.4. The number of unbranched alkanes of at least 4 members (excludes halogenated alkanes) is 4. The molecule has 1 spiro atoms. The summed E-state index contributed by atoms with van der Waals surface area (Å²) in [4.78, 5) is 46.9. The van der Waals surface area contributed by atoms with E-state index in [2.05, 4.69) is 20.1 Å². The molecule has 3 fully saturated rings. The average Bonchev–Trinajstić information content (AvgIpc) is 3.41. The third-order valence-corrected chi connectivity index (χ3v) is 8.31. The summed E-state index contributed by atoms with van der Waals surface area (Å²) in [5.74, 6) is -1.66. The monoisotopic (exact) mass is 503 g/mol. The topological polar surface area (TPSA) is 90.4 Å². The van der Waals surface area contributed by atoms with Gasteiger partial charge >= 0.3 is 0 Å². The van der Waals surface area contributed by atoms with Gasteiger partial charge in [-0.05, 0) is 39.0 Å². The van der Waals surface area contributed by atoms with Crippen molar-refractivity contribution in [2.45, 2.75) is 82.5 Å². The molecule has 202 valence electrons. The van der Waals surface area contributed by atoms with E-state index in [1.54, 1.807) is 33.9 Å². The molecule has 3 amide bonds. The molecule has 2 bridgehead atoms. The number of hydrogen-bond acceptors (Lipinski definition) is 5. The molecule has 2 unspecified atom stereocenters. The highest BCUT2D eigenvalue weighted by Crippen LogP contribution is 2.63. The van der Waals surface area contributed by atoms with Crippen LogP contribution in [0.1, 0.15) is 65.2 Å². The van der Waals surface area contributed by atoms with Crippen LogP contribution in [0.2, 0.25) is 0 Å². The third-order valence-electron chi connectivity index (χ3n) is 8.31. The van der Waals surface area contributed by atoms with Gasteiger partial charge in [-0.15, -0.1) is 13.2 Å². The number of likely N-dealkylation sites (tertiary alicyclic amines) is 1. The Hall–Kier alpha value is -2.19. The number of hydrogen-bond donors (Lipinski definition) is 1. The largest absolute Gasteiger partial charge is 0.396 e. The van der Waals surface area contributed by atoms with Crippen molar-refractivity contribution in [3.05, 3.63) is 25.3 Å². The van der Waals surface area contributed by atoms with Crippen LogP contribution in [-0.2, 0) is 19.1 Å². The van der Waals surface area contributed by atoms with Crippen LogP contribution >= 0.6 is 0 Å². The molecule has 5 atom stereocenters. The minimum Gasteiger partial charge on any atom is -0.396 e. The fourth-order valence-corrected chi connectivity index (χ4v) is 6.56. The van der Waals surface area contributed by atoms with Crippen LogP contribution in [0, 0.1) is 11.8 Å². The van der Waals surface area contributed by atoms with Crippen molar-refractivity contribution < 1.29 is 24.2 Å². The van der Waals surface area contributed by atoms with Crippen LogP contribution in [0.4, 0.5) is 0 Å². The first kappa shape index (κ1) is 28.4. The summed E-state index contributed by atoms with van der Waals surface area (Å²) in [6, 6.07) is -0.742. The SMILES string of the molecule is C=CCN(C)C(=O)[C@@H]1[C@H]2C(=O)N(CCCCCCO)C(C(=O)N(CC=C)CCCC)C23CC[C@@]1(C)O3. The van der Waals surface area contributed by atoms with E-state index in [0.29, 0.717) is 39.0 Å². The lowest BCUT2D eigenvalue weighted by atomic mass is 9.66. The van der Waals surface area contributed by atoms with Crippen LogP contribution in [0.25, 0.3) is 0 Å². The number of aliphatic hydroxyl groups is 1. The summed E-state index contributed by atoms with van der Waals surface area (Å²) in [6.45, 7) is 13.6. The van der Waals surface area contributed by atoms with E-state index in [0.717, 1.165) is 38.5 Å². The Labute approximate surface area is 216 Å². The molecule has 0 aromatic rings. The van der Waals surface area contributed by atoms with Gasteiger partial charge in [0.1, 0.15) is 11.6 Å². The molecule has 3 rings (SSSR count). The second-order valence-electron chi connectivity index (χ2n) is 10.8. The highest BCUT2D eigenvalue weighted by Gasteiger charge is 2.78. The average molecular weight is 504 g/mol. The van der Waals surface area contributed by atoms with Crippen molar-refractivity contribution in [2.24, 2.45) is 11.8 Å². The van der Waals surface area contributed by atoms with Crippen LogP contribution in [-0.4, -0.2) is 94.6 Å². The second-order valence-corrected chi connectivity index (χ2v) is 10.8. The van der Waals surface area contributed by atoms with Crippen molar-refractivity contribution in [1.82, 2.24) is 14.7 Å². The molecule has 3 saturated heterocycles. The predicted molar refractivity (Wildman–Crippen MR) is 139 cm³/mol. The molecule has 0 aliphatic carbocycles. The predicted octanol–water partition coefficient (Wildman–Crippen LogP) is 2.76. The molecule has 0 saturated carbocycles. The van der Waals surface area contributed by atoms with E-state index in [1.165, 1.54) is 0 Å². The van der Waals surface area contributed by atoms with Gasteiger partial charge in [-0.25, -0.2) is 0 Å². The van der Waals surface area contributed by atoms with Gasteiger partial charge < -0.3 is 24.5 Å². The standard InChI is InChI=1S/C28H45N3O5/c1-6-9-18-30(17-8-3)26(35)23-28-15-14-27(4,36-28)21(24(33)29(5)16-7-2)22(28)25(34)31(23)19-12-10-11-13-20-32/h7-8,21-23,32H,2-3,6,9-20H2,1,4-5H3/t21-,22-,23?,27+,28?/m0/s1. The van der Waals surface area contributed by atoms with Gasteiger partial charge in [-0.3, -0.25) is 14.4 Å². The van der Waals surface area contributed by atoms with E-state index in [1.807, 2.05) is 6.92 Å². The van der Waals surface area contributed by atoms with Gasteiger partial charge in [-0.2, -0.15) is 0 Å². The van der Waals surface area contributed by atoms with E-state index < -0.39 is 29.1 Å². The number of fused-ring (bicyclic) bond motifs is 1. The maximum atomic E-state index is 14.1. The van der Waals surface area contributed by atoms with E-state index in [9.17, 15) is 14.4 Å². The molecule has 8 nitrogen and oxygen atoms in total. The van der Waals surface area contributed by atoms with E-state index in [4.69, 9.17) is 9.84 Å². The number of rotatable bonds is 15. The fraction of sp³-hybridized carbons (Fsp3) is 0.750. The minimum absolute atomic E-state index is 0.105. The van der Waals surface area contributed by atoms with E-state index >= 15 is 0 Å². The zero-order valence-electron chi connectivity index (χ0n) is 22.4. The van der Waals surface area contributed by atoms with Crippen LogP contribution in [0.15, 0.2) is 25.3 Å². The Morgan fingerprint density at radius 2 is 1.81 bits per heavy atom. The quantitative estimate of drug-likeness (QED) is 0.274. The maximum Gasteiger partial charge on any atom is 0.248 e. The van der Waals surface area contributed by atoms with E-state index in [-0.39, 0.29) is 24.3 Å². The van der Waals surface area contributed by atoms with Crippen molar-refractivity contribution in [2.75, 3.05) is 39.8 Å². The molecule has 0 radical (unpaired) electrons. The van der Waals surface area contributed by atoms with Crippen molar-refractivity contribution in [1.29, 1.82) is 0 Å². The summed E-state index contributed by atoms with van der Waals surface area (Å²) < 4.78 is 6.70. The Balaban J connectivity index is 1.98. The van der Waals surface area contributed by atoms with Crippen molar-refractivity contribution in [3.63, 3.8) is 0 Å². The Morgan fingerprint density at radius 3 is 2.44 bits per heavy atom. The lowest BCUT2D eigenvalue weighted by Gasteiger charge is -2.37. The first-order valence-corrected chi connectivity index (χ1v) is 13.6. The fourth-order valence-electron chi connectivity index (χ4n) is 6.56. The number of carbonyl (C=O) groups is 3. The summed E-state index contributed by atoms with van der Waals surface area (Å²) in [5, 5.41) is 9.10. The molecule has 0 aromatic heterocycles. The molecular formula is C28H45N3O5. The van der Waals surface area contributed by atoms with Crippen molar-refractivity contribution in [3.8, 4) is 0 Å².